The highest BCUT2D eigenvalue weighted by atomic mass is 79.9. The molecule has 2 aromatic carbocycles. The molecule has 2 rings (SSSR count). The summed E-state index contributed by atoms with van der Waals surface area (Å²) in [6.45, 7) is 0. The van der Waals surface area contributed by atoms with E-state index >= 15 is 0 Å². The zero-order valence-corrected chi connectivity index (χ0v) is 13.5. The highest BCUT2D eigenvalue weighted by Crippen LogP contribution is 2.32. The largest absolute Gasteiger partial charge is 0.397 e. The number of rotatable bonds is 3. The Hall–Kier alpha value is -1.40. The molecule has 0 unspecified atom stereocenters. The van der Waals surface area contributed by atoms with E-state index in [1.165, 1.54) is 6.07 Å². The molecule has 0 saturated heterocycles. The zero-order valence-electron chi connectivity index (χ0n) is 10.3. The minimum atomic E-state index is -0.398. The van der Waals surface area contributed by atoms with E-state index in [1.54, 1.807) is 30.3 Å². The summed E-state index contributed by atoms with van der Waals surface area (Å²) in [4.78, 5) is 12.0. The summed E-state index contributed by atoms with van der Waals surface area (Å²) < 4.78 is 14.9. The monoisotopic (exact) mass is 400 g/mol. The Bertz CT molecular complexity index is 638. The molecule has 3 N–H and O–H groups in total. The average Bonchev–Trinajstić information content (AvgIpc) is 2.36. The predicted octanol–water partition coefficient (Wildman–Crippen LogP) is 4.11. The smallest absolute Gasteiger partial charge is 0.228 e. The lowest BCUT2D eigenvalue weighted by atomic mass is 10.1. The first-order chi connectivity index (χ1) is 9.47. The van der Waals surface area contributed by atoms with E-state index in [9.17, 15) is 9.18 Å². The van der Waals surface area contributed by atoms with Crippen LogP contribution in [0.15, 0.2) is 45.3 Å². The number of nitrogens with one attached hydrogen (secondary N) is 1. The number of nitrogens with two attached hydrogens (primary N) is 1. The molecule has 0 aromatic heterocycles. The summed E-state index contributed by atoms with van der Waals surface area (Å²) in [5.74, 6) is -0.727. The summed E-state index contributed by atoms with van der Waals surface area (Å²) in [6.07, 6.45) is -0.0470. The van der Waals surface area contributed by atoms with Gasteiger partial charge in [0.15, 0.2) is 0 Å². The molecule has 0 radical (unpaired) electrons. The van der Waals surface area contributed by atoms with Gasteiger partial charge in [-0.15, -0.1) is 0 Å². The van der Waals surface area contributed by atoms with Crippen LogP contribution in [0.5, 0.6) is 0 Å². The van der Waals surface area contributed by atoms with Crippen molar-refractivity contribution in [2.24, 2.45) is 0 Å². The topological polar surface area (TPSA) is 55.1 Å². The second-order valence-electron chi connectivity index (χ2n) is 4.17. The molecule has 0 fully saturated rings. The standard InChI is InChI=1S/C14H11Br2FN2O/c15-9-6-10(16)14(12(18)7-9)19-13(20)5-8-3-1-2-4-11(8)17/h1-4,6-7H,5,18H2,(H,19,20). The molecule has 0 aliphatic heterocycles. The molecule has 0 aliphatic carbocycles. The van der Waals surface area contributed by atoms with Gasteiger partial charge in [0.05, 0.1) is 17.8 Å². The maximum atomic E-state index is 13.5. The SMILES string of the molecule is Nc1cc(Br)cc(Br)c1NC(=O)Cc1ccccc1F. The van der Waals surface area contributed by atoms with Crippen LogP contribution in [0.2, 0.25) is 0 Å². The van der Waals surface area contributed by atoms with Crippen LogP contribution < -0.4 is 11.1 Å². The van der Waals surface area contributed by atoms with Gasteiger partial charge in [-0.25, -0.2) is 4.39 Å². The van der Waals surface area contributed by atoms with Crippen LogP contribution in [0.3, 0.4) is 0 Å². The van der Waals surface area contributed by atoms with Gasteiger partial charge in [0.1, 0.15) is 5.82 Å². The molecule has 2 aromatic rings. The van der Waals surface area contributed by atoms with Crippen molar-refractivity contribution in [3.05, 3.63) is 56.7 Å². The summed E-state index contributed by atoms with van der Waals surface area (Å²) in [6, 6.07) is 9.63. The molecule has 0 atom stereocenters. The lowest BCUT2D eigenvalue weighted by Crippen LogP contribution is -2.16. The normalized spacial score (nSPS) is 10.3. The quantitative estimate of drug-likeness (QED) is 0.760. The van der Waals surface area contributed by atoms with E-state index in [2.05, 4.69) is 37.2 Å². The summed E-state index contributed by atoms with van der Waals surface area (Å²) in [5.41, 5.74) is 7.09. The van der Waals surface area contributed by atoms with Crippen molar-refractivity contribution in [3.8, 4) is 0 Å². The fourth-order valence-electron chi connectivity index (χ4n) is 1.72. The van der Waals surface area contributed by atoms with E-state index < -0.39 is 5.82 Å². The van der Waals surface area contributed by atoms with Crippen LogP contribution >= 0.6 is 31.9 Å². The number of hydrogen-bond acceptors (Lipinski definition) is 2. The van der Waals surface area contributed by atoms with Gasteiger partial charge in [0.25, 0.3) is 0 Å². The van der Waals surface area contributed by atoms with Gasteiger partial charge in [-0.05, 0) is 39.7 Å². The summed E-state index contributed by atoms with van der Waals surface area (Å²) >= 11 is 6.63. The number of nitrogen functional groups attached to an aromatic ring is 1. The number of halogens is 3. The number of benzene rings is 2. The van der Waals surface area contributed by atoms with E-state index in [0.29, 0.717) is 21.4 Å². The lowest BCUT2D eigenvalue weighted by molar-refractivity contribution is -0.115. The molecule has 3 nitrogen and oxygen atoms in total. The van der Waals surface area contributed by atoms with Gasteiger partial charge in [-0.1, -0.05) is 34.1 Å². The van der Waals surface area contributed by atoms with Gasteiger partial charge < -0.3 is 11.1 Å². The third-order valence-electron chi connectivity index (χ3n) is 2.66. The average molecular weight is 402 g/mol. The fraction of sp³-hybridized carbons (Fsp3) is 0.0714. The molecule has 0 heterocycles. The van der Waals surface area contributed by atoms with Crippen molar-refractivity contribution < 1.29 is 9.18 Å². The van der Waals surface area contributed by atoms with Crippen LogP contribution in [0.4, 0.5) is 15.8 Å². The van der Waals surface area contributed by atoms with E-state index in [1.807, 2.05) is 0 Å². The van der Waals surface area contributed by atoms with Gasteiger partial charge in [-0.3, -0.25) is 4.79 Å². The Morgan fingerprint density at radius 2 is 1.95 bits per heavy atom. The first-order valence-corrected chi connectivity index (χ1v) is 7.33. The molecule has 0 spiro atoms. The molecule has 0 aliphatic rings. The van der Waals surface area contributed by atoms with Crippen molar-refractivity contribution in [1.82, 2.24) is 0 Å². The fourth-order valence-corrected chi connectivity index (χ4v) is 3.08. The molecule has 104 valence electrons. The lowest BCUT2D eigenvalue weighted by Gasteiger charge is -2.11. The van der Waals surface area contributed by atoms with Crippen molar-refractivity contribution >= 4 is 49.1 Å². The predicted molar refractivity (Wildman–Crippen MR) is 85.0 cm³/mol. The van der Waals surface area contributed by atoms with Crippen molar-refractivity contribution in [2.45, 2.75) is 6.42 Å². The third kappa shape index (κ3) is 3.58. The van der Waals surface area contributed by atoms with Gasteiger partial charge in [-0.2, -0.15) is 0 Å². The second-order valence-corrected chi connectivity index (χ2v) is 5.94. The molecular weight excluding hydrogens is 391 g/mol. The number of carbonyl (C=O) groups is 1. The Balaban J connectivity index is 2.15. The zero-order chi connectivity index (χ0) is 14.7. The van der Waals surface area contributed by atoms with E-state index in [4.69, 9.17) is 5.73 Å². The van der Waals surface area contributed by atoms with Crippen LogP contribution in [-0.2, 0) is 11.2 Å². The number of amides is 1. The molecule has 20 heavy (non-hydrogen) atoms. The second kappa shape index (κ2) is 6.37. The van der Waals surface area contributed by atoms with Crippen LogP contribution in [0.25, 0.3) is 0 Å². The van der Waals surface area contributed by atoms with Crippen molar-refractivity contribution in [3.63, 3.8) is 0 Å². The summed E-state index contributed by atoms with van der Waals surface area (Å²) in [7, 11) is 0. The highest BCUT2D eigenvalue weighted by molar-refractivity contribution is 9.11. The first-order valence-electron chi connectivity index (χ1n) is 5.75. The Morgan fingerprint density at radius 1 is 1.25 bits per heavy atom. The first kappa shape index (κ1) is 15.0. The van der Waals surface area contributed by atoms with E-state index in [-0.39, 0.29) is 12.3 Å². The van der Waals surface area contributed by atoms with Gasteiger partial charge in [0.2, 0.25) is 5.91 Å². The number of hydrogen-bond donors (Lipinski definition) is 2. The minimum absolute atomic E-state index is 0.0470. The van der Waals surface area contributed by atoms with E-state index in [0.717, 1.165) is 4.47 Å². The number of anilines is 2. The molecular formula is C14H11Br2FN2O. The Labute approximate surface area is 132 Å². The summed E-state index contributed by atoms with van der Waals surface area (Å²) in [5, 5.41) is 2.68. The Kier molecular flexibility index (Phi) is 4.77. The maximum Gasteiger partial charge on any atom is 0.228 e. The maximum absolute atomic E-state index is 13.5. The van der Waals surface area contributed by atoms with Crippen LogP contribution in [-0.4, -0.2) is 5.91 Å². The highest BCUT2D eigenvalue weighted by Gasteiger charge is 2.12. The molecule has 0 saturated carbocycles. The van der Waals surface area contributed by atoms with Crippen molar-refractivity contribution in [2.75, 3.05) is 11.1 Å². The molecule has 0 bridgehead atoms. The Morgan fingerprint density at radius 3 is 2.60 bits per heavy atom. The van der Waals surface area contributed by atoms with Crippen LogP contribution in [0.1, 0.15) is 5.56 Å². The molecule has 6 heteroatoms. The van der Waals surface area contributed by atoms with Crippen molar-refractivity contribution in [1.29, 1.82) is 0 Å². The van der Waals surface area contributed by atoms with Gasteiger partial charge in [0, 0.05) is 8.95 Å². The van der Waals surface area contributed by atoms with Gasteiger partial charge >= 0.3 is 0 Å². The third-order valence-corrected chi connectivity index (χ3v) is 3.74. The minimum Gasteiger partial charge on any atom is -0.397 e. The molecule has 1 amide bonds. The van der Waals surface area contributed by atoms with Crippen LogP contribution in [0, 0.1) is 5.82 Å². The number of carbonyl (C=O) groups excluding carboxylic acids is 1.